The average Bonchev–Trinajstić information content (AvgIpc) is 3.45. The number of anilines is 2. The lowest BCUT2D eigenvalue weighted by Gasteiger charge is -2.37. The van der Waals surface area contributed by atoms with E-state index in [1.54, 1.807) is 23.3 Å². The topological polar surface area (TPSA) is 134 Å². The molecule has 5 rings (SSSR count). The highest BCUT2D eigenvalue weighted by atomic mass is 35.5. The molecule has 1 saturated heterocycles. The van der Waals surface area contributed by atoms with Crippen LogP contribution in [0.15, 0.2) is 29.1 Å². The van der Waals surface area contributed by atoms with E-state index in [9.17, 15) is 32.7 Å². The number of ether oxygens (including phenoxy) is 1. The number of benzene rings is 1. The Labute approximate surface area is 267 Å². The fourth-order valence-electron chi connectivity index (χ4n) is 5.58. The monoisotopic (exact) mass is 665 g/mol. The summed E-state index contributed by atoms with van der Waals surface area (Å²) in [5, 5.41) is 16.9. The van der Waals surface area contributed by atoms with Crippen LogP contribution in [0.1, 0.15) is 50.7 Å². The number of carbonyl (C=O) groups is 2. The van der Waals surface area contributed by atoms with Crippen LogP contribution in [0.4, 0.5) is 24.5 Å². The van der Waals surface area contributed by atoms with Gasteiger partial charge in [-0.25, -0.2) is 0 Å². The molecule has 2 N–H and O–H groups in total. The SMILES string of the molecule is CCc1c(N2CCN(C(=O)CC(C)(C)O)CC2)c(=O)n2nc(C3=CCOCC3)nc2n1CC(=O)Nc1ccc(C(F)(F)F)cc1Cl. The third-order valence-corrected chi connectivity index (χ3v) is 8.13. The van der Waals surface area contributed by atoms with Crippen molar-refractivity contribution in [1.29, 1.82) is 0 Å². The summed E-state index contributed by atoms with van der Waals surface area (Å²) in [4.78, 5) is 48.3. The fraction of sp³-hybridized carbons (Fsp3) is 0.500. The Morgan fingerprint density at radius 3 is 2.46 bits per heavy atom. The molecule has 12 nitrogen and oxygen atoms in total. The molecule has 16 heteroatoms. The zero-order valence-electron chi connectivity index (χ0n) is 25.7. The second-order valence-corrected chi connectivity index (χ2v) is 12.2. The number of hydrogen-bond donors (Lipinski definition) is 2. The molecule has 0 radical (unpaired) electrons. The van der Waals surface area contributed by atoms with E-state index >= 15 is 0 Å². The van der Waals surface area contributed by atoms with Crippen molar-refractivity contribution in [1.82, 2.24) is 24.1 Å². The molecular weight excluding hydrogens is 631 g/mol. The lowest BCUT2D eigenvalue weighted by atomic mass is 10.0. The molecule has 3 aromatic rings. The van der Waals surface area contributed by atoms with Gasteiger partial charge in [0.2, 0.25) is 17.6 Å². The zero-order chi connectivity index (χ0) is 33.4. The van der Waals surface area contributed by atoms with Gasteiger partial charge in [0, 0.05) is 26.2 Å². The van der Waals surface area contributed by atoms with E-state index in [2.05, 4.69) is 15.4 Å². The Kier molecular flexibility index (Phi) is 9.47. The number of halogens is 4. The molecule has 2 aliphatic heterocycles. The van der Waals surface area contributed by atoms with Gasteiger partial charge in [0.25, 0.3) is 5.56 Å². The maximum Gasteiger partial charge on any atom is 0.416 e. The lowest BCUT2D eigenvalue weighted by Crippen LogP contribution is -2.51. The van der Waals surface area contributed by atoms with Crippen molar-refractivity contribution in [2.24, 2.45) is 0 Å². The number of nitrogens with zero attached hydrogens (tertiary/aromatic N) is 6. The van der Waals surface area contributed by atoms with E-state index in [-0.39, 0.29) is 35.4 Å². The van der Waals surface area contributed by atoms with Crippen molar-refractivity contribution in [2.75, 3.05) is 49.6 Å². The summed E-state index contributed by atoms with van der Waals surface area (Å²) in [6.45, 7) is 6.73. The molecule has 0 bridgehead atoms. The zero-order valence-corrected chi connectivity index (χ0v) is 26.4. The standard InChI is InChI=1S/C30H35ClF3N7O5/c1-4-22-25(39-11-9-38(10-12-39)24(43)16-29(2,3)45)27(44)41-28(36-26(37-41)18-7-13-46-14-8-18)40(22)17-23(42)35-21-6-5-19(15-20(21)31)30(32,33)34/h5-7,15,45H,4,8-14,16-17H2,1-3H3,(H,35,42). The predicted octanol–water partition coefficient (Wildman–Crippen LogP) is 3.38. The number of fused-ring (bicyclic) bond motifs is 1. The molecule has 2 aromatic heterocycles. The van der Waals surface area contributed by atoms with E-state index in [1.807, 2.05) is 17.9 Å². The number of amides is 2. The van der Waals surface area contributed by atoms with Crippen LogP contribution in [0.25, 0.3) is 11.4 Å². The molecule has 0 saturated carbocycles. The summed E-state index contributed by atoms with van der Waals surface area (Å²) >= 11 is 6.09. The third kappa shape index (κ3) is 7.21. The summed E-state index contributed by atoms with van der Waals surface area (Å²) in [6.07, 6.45) is -1.94. The van der Waals surface area contributed by atoms with E-state index in [0.717, 1.165) is 28.3 Å². The van der Waals surface area contributed by atoms with Gasteiger partial charge in [-0.05, 0) is 50.5 Å². The van der Waals surface area contributed by atoms with Crippen molar-refractivity contribution in [2.45, 2.75) is 58.4 Å². The van der Waals surface area contributed by atoms with Crippen LogP contribution >= 0.6 is 11.6 Å². The van der Waals surface area contributed by atoms with E-state index in [4.69, 9.17) is 16.3 Å². The van der Waals surface area contributed by atoms with Gasteiger partial charge in [0.05, 0.1) is 47.2 Å². The summed E-state index contributed by atoms with van der Waals surface area (Å²) in [5.41, 5.74) is -0.938. The van der Waals surface area contributed by atoms with Gasteiger partial charge in [-0.15, -0.1) is 5.10 Å². The number of rotatable bonds is 8. The van der Waals surface area contributed by atoms with E-state index < -0.39 is 28.8 Å². The van der Waals surface area contributed by atoms with Crippen LogP contribution in [-0.2, 0) is 33.5 Å². The Morgan fingerprint density at radius 2 is 1.87 bits per heavy atom. The number of piperazine rings is 1. The van der Waals surface area contributed by atoms with Gasteiger partial charge in [0.1, 0.15) is 12.2 Å². The summed E-state index contributed by atoms with van der Waals surface area (Å²) < 4.78 is 47.5. The van der Waals surface area contributed by atoms with Crippen molar-refractivity contribution in [3.63, 3.8) is 0 Å². The lowest BCUT2D eigenvalue weighted by molar-refractivity contribution is -0.137. The van der Waals surface area contributed by atoms with Crippen LogP contribution < -0.4 is 15.8 Å². The smallest absolute Gasteiger partial charge is 0.390 e. The molecule has 4 heterocycles. The highest BCUT2D eigenvalue weighted by Crippen LogP contribution is 2.34. The predicted molar refractivity (Wildman–Crippen MR) is 165 cm³/mol. The molecule has 1 aromatic carbocycles. The minimum atomic E-state index is -4.60. The van der Waals surface area contributed by atoms with Crippen LogP contribution in [0, 0.1) is 0 Å². The highest BCUT2D eigenvalue weighted by Gasteiger charge is 2.32. The number of aromatic nitrogens is 4. The molecule has 46 heavy (non-hydrogen) atoms. The van der Waals surface area contributed by atoms with Gasteiger partial charge in [-0.2, -0.15) is 22.7 Å². The first kappa shape index (κ1) is 33.4. The van der Waals surface area contributed by atoms with Crippen molar-refractivity contribution in [3.8, 4) is 0 Å². The number of nitrogens with one attached hydrogen (secondary N) is 1. The molecule has 0 unspecified atom stereocenters. The third-order valence-electron chi connectivity index (χ3n) is 7.82. The molecule has 0 aliphatic carbocycles. The van der Waals surface area contributed by atoms with Crippen LogP contribution in [0.2, 0.25) is 5.02 Å². The number of hydrogen-bond acceptors (Lipinski definition) is 8. The highest BCUT2D eigenvalue weighted by molar-refractivity contribution is 6.33. The van der Waals surface area contributed by atoms with Gasteiger partial charge in [-0.1, -0.05) is 24.6 Å². The molecule has 248 valence electrons. The van der Waals surface area contributed by atoms with Gasteiger partial charge >= 0.3 is 6.18 Å². The van der Waals surface area contributed by atoms with Gasteiger partial charge in [-0.3, -0.25) is 14.4 Å². The minimum absolute atomic E-state index is 0.00336. The normalized spacial score (nSPS) is 16.1. The largest absolute Gasteiger partial charge is 0.416 e. The Balaban J connectivity index is 1.51. The van der Waals surface area contributed by atoms with Gasteiger partial charge < -0.3 is 29.5 Å². The summed E-state index contributed by atoms with van der Waals surface area (Å²) in [6, 6.07) is 2.65. The molecular formula is C30H35ClF3N7O5. The second kappa shape index (κ2) is 13.0. The molecule has 2 aliphatic rings. The molecule has 2 amide bonds. The first-order chi connectivity index (χ1) is 21.7. The number of alkyl halides is 3. The molecule has 0 spiro atoms. The van der Waals surface area contributed by atoms with Crippen LogP contribution in [-0.4, -0.2) is 86.0 Å². The first-order valence-corrected chi connectivity index (χ1v) is 15.3. The van der Waals surface area contributed by atoms with Gasteiger partial charge in [0.15, 0.2) is 5.82 Å². The molecule has 0 atom stereocenters. The Hall–Kier alpha value is -3.95. The first-order valence-electron chi connectivity index (χ1n) is 14.9. The Morgan fingerprint density at radius 1 is 1.15 bits per heavy atom. The minimum Gasteiger partial charge on any atom is -0.390 e. The number of carbonyl (C=O) groups excluding carboxylic acids is 2. The van der Waals surface area contributed by atoms with Crippen molar-refractivity contribution >= 4 is 46.1 Å². The average molecular weight is 666 g/mol. The molecule has 1 fully saturated rings. The maximum absolute atomic E-state index is 14.0. The number of aliphatic hydroxyl groups is 1. The van der Waals surface area contributed by atoms with Crippen LogP contribution in [0.3, 0.4) is 0 Å². The Bertz CT molecular complexity index is 1740. The quantitative estimate of drug-likeness (QED) is 0.374. The second-order valence-electron chi connectivity index (χ2n) is 11.8. The van der Waals surface area contributed by atoms with Crippen molar-refractivity contribution < 1.29 is 32.6 Å². The summed E-state index contributed by atoms with van der Waals surface area (Å²) in [5.74, 6) is -0.355. The fourth-order valence-corrected chi connectivity index (χ4v) is 5.81. The maximum atomic E-state index is 14.0. The van der Waals surface area contributed by atoms with Crippen molar-refractivity contribution in [3.05, 3.63) is 56.7 Å². The van der Waals surface area contributed by atoms with E-state index in [1.165, 1.54) is 0 Å². The van der Waals surface area contributed by atoms with Crippen LogP contribution in [0.5, 0.6) is 0 Å². The van der Waals surface area contributed by atoms with E-state index in [0.29, 0.717) is 69.4 Å². The summed E-state index contributed by atoms with van der Waals surface area (Å²) in [7, 11) is 0.